The number of fused-ring (bicyclic) bond motifs is 33. The van der Waals surface area contributed by atoms with Crippen molar-refractivity contribution < 1.29 is 0 Å². The predicted molar refractivity (Wildman–Crippen MR) is 310 cm³/mol. The minimum absolute atomic E-state index is 0.446. The van der Waals surface area contributed by atoms with Crippen molar-refractivity contribution in [1.29, 1.82) is 0 Å². The maximum absolute atomic E-state index is 5.82. The molecular formula is C74H57N3. The molecule has 4 heterocycles. The Kier molecular flexibility index (Phi) is 7.24. The van der Waals surface area contributed by atoms with Crippen molar-refractivity contribution in [2.75, 3.05) is 0 Å². The molecule has 0 N–H and O–H groups in total. The van der Waals surface area contributed by atoms with Crippen LogP contribution in [-0.4, -0.2) is 14.4 Å². The molecule has 4 saturated carbocycles. The lowest BCUT2D eigenvalue weighted by Crippen LogP contribution is -2.27. The van der Waals surface area contributed by atoms with Gasteiger partial charge in [-0.3, -0.25) is 9.97 Å². The largest absolute Gasteiger partial charge is 0.305 e. The summed E-state index contributed by atoms with van der Waals surface area (Å²) in [6, 6.07) is 55.8. The maximum Gasteiger partial charge on any atom is 0.0732 e. The van der Waals surface area contributed by atoms with Crippen LogP contribution < -0.4 is 0 Å². The van der Waals surface area contributed by atoms with E-state index in [1.54, 1.807) is 11.1 Å². The third-order valence-corrected chi connectivity index (χ3v) is 23.5. The van der Waals surface area contributed by atoms with Crippen LogP contribution in [0.25, 0.3) is 82.6 Å². The number of hydrogen-bond donors (Lipinski definition) is 0. The molecular weight excluding hydrogens is 931 g/mol. The van der Waals surface area contributed by atoms with Gasteiger partial charge in [-0.1, -0.05) is 134 Å². The second kappa shape index (κ2) is 13.7. The van der Waals surface area contributed by atoms with Crippen LogP contribution >= 0.6 is 0 Å². The van der Waals surface area contributed by atoms with E-state index in [0.717, 1.165) is 23.7 Å². The van der Waals surface area contributed by atoms with Crippen LogP contribution in [0.2, 0.25) is 0 Å². The zero-order chi connectivity index (χ0) is 49.4. The normalized spacial score (nSPS) is 26.8. The molecule has 11 aliphatic rings. The fraction of sp³-hybridized carbons (Fsp3) is 0.297. The molecule has 3 nitrogen and oxygen atoms in total. The van der Waals surface area contributed by atoms with E-state index in [9.17, 15) is 0 Å². The number of aromatic nitrogens is 3. The van der Waals surface area contributed by atoms with Crippen LogP contribution in [0.5, 0.6) is 0 Å². The summed E-state index contributed by atoms with van der Waals surface area (Å²) in [5.41, 5.74) is 31.8. The molecule has 6 atom stereocenters. The minimum Gasteiger partial charge on any atom is -0.305 e. The molecule has 3 heteroatoms. The Morgan fingerprint density at radius 1 is 0.377 bits per heavy atom. The summed E-state index contributed by atoms with van der Waals surface area (Å²) < 4.78 is 2.76. The van der Waals surface area contributed by atoms with Crippen LogP contribution in [-0.2, 0) is 10.8 Å². The summed E-state index contributed by atoms with van der Waals surface area (Å²) in [6.45, 7) is 0. The molecule has 2 spiro atoms. The van der Waals surface area contributed by atoms with Crippen molar-refractivity contribution in [1.82, 2.24) is 14.4 Å². The van der Waals surface area contributed by atoms with Gasteiger partial charge in [-0.15, -0.1) is 0 Å². The SMILES string of the molecule is c1ccc2c(c1)-c1ccccc1C21c2ccccc2-c2cc3c(cc21)-c1cc2c4c5c(ncc4n4c6cnc7c(c6c(c1C31c3ccccc3-c3ccccc31)c24)C1CC(CC2CCC7C2)C1)C1CCCC2CC5CC2C1. The molecule has 0 amide bonds. The summed E-state index contributed by atoms with van der Waals surface area (Å²) in [5.74, 6) is 5.53. The van der Waals surface area contributed by atoms with E-state index < -0.39 is 10.8 Å². The minimum atomic E-state index is -0.560. The number of pyridine rings is 2. The molecule has 7 aromatic carbocycles. The number of rotatable bonds is 0. The summed E-state index contributed by atoms with van der Waals surface area (Å²) in [6.07, 6.45) is 20.7. The van der Waals surface area contributed by atoms with E-state index in [1.807, 2.05) is 0 Å². The quantitative estimate of drug-likeness (QED) is 0.152. The Bertz CT molecular complexity index is 4470. The maximum atomic E-state index is 5.82. The third kappa shape index (κ3) is 4.49. The molecule has 11 aliphatic carbocycles. The molecule has 22 rings (SSSR count). The van der Waals surface area contributed by atoms with Gasteiger partial charge in [0.05, 0.1) is 39.8 Å². The number of hydrogen-bond acceptors (Lipinski definition) is 2. The Hall–Kier alpha value is -7.36. The van der Waals surface area contributed by atoms with E-state index in [1.165, 1.54) is 216 Å². The first-order chi connectivity index (χ1) is 38.2. The molecule has 77 heavy (non-hydrogen) atoms. The van der Waals surface area contributed by atoms with Gasteiger partial charge in [0.25, 0.3) is 0 Å². The standard InChI is InChI=1S/C74H57N3/c1-6-19-55-46(14-1)47-15-2-7-20-56(47)73(55)57-21-8-5-18-50(57)51-34-61-52(35-60(51)73)53-33-54-66-62(36-75-70-41-13-11-12-40-30-45(64(66)70)32-43(40)31-41)77-63-37-76-71-42-25-24-38(27-42)26-39-28-44(29-39)65(71)67(63)68(72(54)77)69(53)74(61)58-22-9-3-16-48(58)49-17-4-10-23-59(49)74/h1-10,14-23,33-45H,11-13,24-32H2. The Labute approximate surface area is 448 Å². The summed E-state index contributed by atoms with van der Waals surface area (Å²) in [4.78, 5) is 11.6. The average Bonchev–Trinajstić information content (AvgIpc) is 2.95. The van der Waals surface area contributed by atoms with Gasteiger partial charge in [-0.2, -0.15) is 0 Å². The topological polar surface area (TPSA) is 30.2 Å². The van der Waals surface area contributed by atoms with Crippen molar-refractivity contribution in [2.24, 2.45) is 23.7 Å². The molecule has 0 saturated heterocycles. The number of benzene rings is 7. The van der Waals surface area contributed by atoms with E-state index in [4.69, 9.17) is 9.97 Å². The first-order valence-electron chi connectivity index (χ1n) is 29.9. The van der Waals surface area contributed by atoms with Gasteiger partial charge in [-0.05, 0) is 218 Å². The van der Waals surface area contributed by atoms with E-state index in [2.05, 4.69) is 156 Å². The summed E-state index contributed by atoms with van der Waals surface area (Å²) in [7, 11) is 0. The van der Waals surface area contributed by atoms with Gasteiger partial charge in [-0.25, -0.2) is 0 Å². The average molecular weight is 988 g/mol. The van der Waals surface area contributed by atoms with Crippen LogP contribution in [0.1, 0.15) is 168 Å². The molecule has 0 radical (unpaired) electrons. The van der Waals surface area contributed by atoms with Crippen molar-refractivity contribution in [3.05, 3.63) is 219 Å². The van der Waals surface area contributed by atoms with Gasteiger partial charge in [0.1, 0.15) is 0 Å². The van der Waals surface area contributed by atoms with Crippen LogP contribution in [0.4, 0.5) is 0 Å². The molecule has 0 aliphatic heterocycles. The summed E-state index contributed by atoms with van der Waals surface area (Å²) in [5, 5.41) is 6.02. The molecule has 7 bridgehead atoms. The summed E-state index contributed by atoms with van der Waals surface area (Å²) >= 11 is 0. The Morgan fingerprint density at radius 2 is 0.870 bits per heavy atom. The highest BCUT2D eigenvalue weighted by atomic mass is 15.0. The fourth-order valence-electron chi connectivity index (χ4n) is 21.0. The molecule has 4 fully saturated rings. The van der Waals surface area contributed by atoms with Crippen LogP contribution in [0.15, 0.2) is 152 Å². The molecule has 6 unspecified atom stereocenters. The fourth-order valence-corrected chi connectivity index (χ4v) is 21.0. The van der Waals surface area contributed by atoms with Gasteiger partial charge in [0.2, 0.25) is 0 Å². The molecule has 368 valence electrons. The Morgan fingerprint density at radius 3 is 1.52 bits per heavy atom. The van der Waals surface area contributed by atoms with Gasteiger partial charge in [0, 0.05) is 44.8 Å². The smallest absolute Gasteiger partial charge is 0.0732 e. The van der Waals surface area contributed by atoms with Gasteiger partial charge in [0.15, 0.2) is 0 Å². The predicted octanol–water partition coefficient (Wildman–Crippen LogP) is 17.9. The zero-order valence-electron chi connectivity index (χ0n) is 43.4. The van der Waals surface area contributed by atoms with Crippen molar-refractivity contribution in [2.45, 2.75) is 112 Å². The van der Waals surface area contributed by atoms with Crippen LogP contribution in [0, 0.1) is 23.7 Å². The lowest BCUT2D eigenvalue weighted by Gasteiger charge is -2.38. The van der Waals surface area contributed by atoms with E-state index >= 15 is 0 Å². The number of nitrogens with zero attached hydrogens (tertiary/aromatic N) is 3. The highest BCUT2D eigenvalue weighted by Gasteiger charge is 2.58. The first kappa shape index (κ1) is 40.8. The lowest BCUT2D eigenvalue weighted by atomic mass is 9.66. The van der Waals surface area contributed by atoms with Crippen molar-refractivity contribution >= 4 is 38.1 Å². The van der Waals surface area contributed by atoms with Crippen LogP contribution in [0.3, 0.4) is 0 Å². The van der Waals surface area contributed by atoms with E-state index in [0.29, 0.717) is 23.7 Å². The van der Waals surface area contributed by atoms with Crippen molar-refractivity contribution in [3.63, 3.8) is 0 Å². The zero-order valence-corrected chi connectivity index (χ0v) is 43.4. The van der Waals surface area contributed by atoms with Crippen molar-refractivity contribution in [3.8, 4) is 44.5 Å². The monoisotopic (exact) mass is 987 g/mol. The van der Waals surface area contributed by atoms with Gasteiger partial charge < -0.3 is 4.40 Å². The highest BCUT2D eigenvalue weighted by molar-refractivity contribution is 6.29. The molecule has 11 aromatic rings. The van der Waals surface area contributed by atoms with Gasteiger partial charge >= 0.3 is 0 Å². The first-order valence-corrected chi connectivity index (χ1v) is 29.9. The molecule has 4 aromatic heterocycles. The van der Waals surface area contributed by atoms with E-state index in [-0.39, 0.29) is 0 Å². The Balaban J connectivity index is 0.986. The highest BCUT2D eigenvalue weighted by Crippen LogP contribution is 2.71. The second-order valence-corrected chi connectivity index (χ2v) is 26.4. The lowest BCUT2D eigenvalue weighted by molar-refractivity contribution is 0.217. The third-order valence-electron chi connectivity index (χ3n) is 23.5. The second-order valence-electron chi connectivity index (χ2n) is 26.4.